The van der Waals surface area contributed by atoms with Crippen molar-refractivity contribution in [2.24, 2.45) is 0 Å². The van der Waals surface area contributed by atoms with Crippen molar-refractivity contribution in [1.82, 2.24) is 15.0 Å². The van der Waals surface area contributed by atoms with Crippen LogP contribution in [0.1, 0.15) is 23.1 Å². The Labute approximate surface area is 151 Å². The van der Waals surface area contributed by atoms with Crippen molar-refractivity contribution in [3.8, 4) is 17.2 Å². The molecule has 26 heavy (non-hydrogen) atoms. The van der Waals surface area contributed by atoms with Gasteiger partial charge in [0, 0.05) is 6.07 Å². The van der Waals surface area contributed by atoms with E-state index in [9.17, 15) is 4.79 Å². The molecule has 2 aromatic carbocycles. The number of amides is 1. The Morgan fingerprint density at radius 2 is 2.00 bits per heavy atom. The van der Waals surface area contributed by atoms with E-state index in [1.807, 2.05) is 43.3 Å². The molecule has 7 heteroatoms. The molecule has 0 aliphatic rings. The average molecular weight is 352 g/mol. The van der Waals surface area contributed by atoms with E-state index in [4.69, 9.17) is 9.47 Å². The number of anilines is 1. The highest BCUT2D eigenvalue weighted by molar-refractivity contribution is 6.04. The van der Waals surface area contributed by atoms with Crippen LogP contribution in [0.25, 0.3) is 5.69 Å². The number of ether oxygens (including phenoxy) is 2. The number of para-hydroxylation sites is 2. The lowest BCUT2D eigenvalue weighted by molar-refractivity contribution is 0.102. The fraction of sp³-hybridized carbons (Fsp3) is 0.211. The molecular formula is C19H20N4O3. The summed E-state index contributed by atoms with van der Waals surface area (Å²) in [6, 6.07) is 14.7. The number of hydrogen-bond donors (Lipinski definition) is 1. The third kappa shape index (κ3) is 3.51. The smallest absolute Gasteiger partial charge is 0.278 e. The van der Waals surface area contributed by atoms with Crippen molar-refractivity contribution in [2.75, 3.05) is 19.0 Å². The van der Waals surface area contributed by atoms with E-state index in [1.165, 1.54) is 0 Å². The van der Waals surface area contributed by atoms with Crippen LogP contribution >= 0.6 is 0 Å². The molecule has 0 bridgehead atoms. The summed E-state index contributed by atoms with van der Waals surface area (Å²) in [4.78, 5) is 12.7. The van der Waals surface area contributed by atoms with Gasteiger partial charge in [0.05, 0.1) is 30.8 Å². The van der Waals surface area contributed by atoms with Gasteiger partial charge in [-0.25, -0.2) is 4.68 Å². The molecule has 0 radical (unpaired) electrons. The van der Waals surface area contributed by atoms with Crippen LogP contribution in [0.3, 0.4) is 0 Å². The zero-order valence-corrected chi connectivity index (χ0v) is 14.9. The molecule has 0 aliphatic carbocycles. The van der Waals surface area contributed by atoms with Gasteiger partial charge in [0.1, 0.15) is 11.5 Å². The predicted molar refractivity (Wildman–Crippen MR) is 98.2 cm³/mol. The SMILES string of the molecule is CCOc1ccccc1NC(=O)c1nnn(-c2cccc(OC)c2)c1C. The molecule has 0 saturated heterocycles. The molecule has 1 aromatic heterocycles. The Balaban J connectivity index is 1.87. The maximum atomic E-state index is 12.7. The fourth-order valence-electron chi connectivity index (χ4n) is 2.56. The van der Waals surface area contributed by atoms with Crippen molar-refractivity contribution >= 4 is 11.6 Å². The maximum absolute atomic E-state index is 12.7. The largest absolute Gasteiger partial charge is 0.497 e. The van der Waals surface area contributed by atoms with Crippen LogP contribution < -0.4 is 14.8 Å². The molecule has 0 spiro atoms. The highest BCUT2D eigenvalue weighted by Gasteiger charge is 2.19. The van der Waals surface area contributed by atoms with Crippen LogP contribution in [-0.4, -0.2) is 34.6 Å². The molecule has 7 nitrogen and oxygen atoms in total. The number of hydrogen-bond acceptors (Lipinski definition) is 5. The van der Waals surface area contributed by atoms with E-state index < -0.39 is 0 Å². The zero-order valence-electron chi connectivity index (χ0n) is 14.9. The number of rotatable bonds is 6. The molecule has 0 unspecified atom stereocenters. The summed E-state index contributed by atoms with van der Waals surface area (Å²) in [5, 5.41) is 11.0. The van der Waals surface area contributed by atoms with Gasteiger partial charge in [-0.15, -0.1) is 5.10 Å². The third-order valence-electron chi connectivity index (χ3n) is 3.84. The maximum Gasteiger partial charge on any atom is 0.278 e. The van der Waals surface area contributed by atoms with E-state index in [0.29, 0.717) is 29.5 Å². The predicted octanol–water partition coefficient (Wildman–Crippen LogP) is 3.24. The Kier molecular flexibility index (Phi) is 5.17. The summed E-state index contributed by atoms with van der Waals surface area (Å²) in [7, 11) is 1.60. The Bertz CT molecular complexity index is 921. The minimum absolute atomic E-state index is 0.249. The second kappa shape index (κ2) is 7.69. The molecule has 1 amide bonds. The summed E-state index contributed by atoms with van der Waals surface area (Å²) >= 11 is 0. The summed E-state index contributed by atoms with van der Waals surface area (Å²) in [5.41, 5.74) is 2.24. The topological polar surface area (TPSA) is 78.3 Å². The average Bonchev–Trinajstić information content (AvgIpc) is 3.05. The highest BCUT2D eigenvalue weighted by atomic mass is 16.5. The Morgan fingerprint density at radius 1 is 1.19 bits per heavy atom. The molecule has 0 fully saturated rings. The van der Waals surface area contributed by atoms with Gasteiger partial charge in [0.15, 0.2) is 5.69 Å². The monoisotopic (exact) mass is 352 g/mol. The first-order valence-corrected chi connectivity index (χ1v) is 8.24. The van der Waals surface area contributed by atoms with Gasteiger partial charge in [-0.1, -0.05) is 23.4 Å². The number of benzene rings is 2. The minimum Gasteiger partial charge on any atom is -0.497 e. The molecule has 134 valence electrons. The van der Waals surface area contributed by atoms with Crippen LogP contribution in [0, 0.1) is 6.92 Å². The minimum atomic E-state index is -0.344. The molecule has 1 heterocycles. The van der Waals surface area contributed by atoms with Crippen molar-refractivity contribution in [3.63, 3.8) is 0 Å². The van der Waals surface area contributed by atoms with Gasteiger partial charge in [-0.3, -0.25) is 4.79 Å². The molecular weight excluding hydrogens is 332 g/mol. The Hall–Kier alpha value is -3.35. The molecule has 0 atom stereocenters. The van der Waals surface area contributed by atoms with Crippen LogP contribution in [0.15, 0.2) is 48.5 Å². The number of nitrogens with zero attached hydrogens (tertiary/aromatic N) is 3. The molecule has 0 aliphatic heterocycles. The first kappa shape index (κ1) is 17.5. The summed E-state index contributed by atoms with van der Waals surface area (Å²) in [5.74, 6) is 0.971. The van der Waals surface area contributed by atoms with Crippen molar-refractivity contribution in [1.29, 1.82) is 0 Å². The van der Waals surface area contributed by atoms with E-state index in [0.717, 1.165) is 5.69 Å². The molecule has 1 N–H and O–H groups in total. The van der Waals surface area contributed by atoms with Gasteiger partial charge in [0.2, 0.25) is 0 Å². The number of aromatic nitrogens is 3. The first-order valence-electron chi connectivity index (χ1n) is 8.24. The van der Waals surface area contributed by atoms with Gasteiger partial charge in [-0.05, 0) is 38.1 Å². The lowest BCUT2D eigenvalue weighted by Gasteiger charge is -2.10. The van der Waals surface area contributed by atoms with Crippen LogP contribution in [0.4, 0.5) is 5.69 Å². The fourth-order valence-corrected chi connectivity index (χ4v) is 2.56. The molecule has 3 rings (SSSR count). The third-order valence-corrected chi connectivity index (χ3v) is 3.84. The summed E-state index contributed by atoms with van der Waals surface area (Å²) in [6.45, 7) is 4.20. The summed E-state index contributed by atoms with van der Waals surface area (Å²) in [6.07, 6.45) is 0. The zero-order chi connectivity index (χ0) is 18.5. The lowest BCUT2D eigenvalue weighted by Crippen LogP contribution is -2.15. The standard InChI is InChI=1S/C19H20N4O3/c1-4-26-17-11-6-5-10-16(17)20-19(24)18-13(2)23(22-21-18)14-8-7-9-15(12-14)25-3/h5-12H,4H2,1-3H3,(H,20,24). The van der Waals surface area contributed by atoms with Gasteiger partial charge in [-0.2, -0.15) is 0 Å². The van der Waals surface area contributed by atoms with Gasteiger partial charge >= 0.3 is 0 Å². The van der Waals surface area contributed by atoms with E-state index in [2.05, 4.69) is 15.6 Å². The van der Waals surface area contributed by atoms with E-state index in [1.54, 1.807) is 30.8 Å². The number of carbonyl (C=O) groups is 1. The first-order chi connectivity index (χ1) is 12.6. The highest BCUT2D eigenvalue weighted by Crippen LogP contribution is 2.25. The second-order valence-electron chi connectivity index (χ2n) is 5.52. The molecule has 0 saturated carbocycles. The number of methoxy groups -OCH3 is 1. The van der Waals surface area contributed by atoms with Crippen LogP contribution in [-0.2, 0) is 0 Å². The lowest BCUT2D eigenvalue weighted by atomic mass is 10.2. The van der Waals surface area contributed by atoms with Gasteiger partial charge < -0.3 is 14.8 Å². The van der Waals surface area contributed by atoms with E-state index >= 15 is 0 Å². The number of nitrogens with one attached hydrogen (secondary N) is 1. The van der Waals surface area contributed by atoms with Crippen molar-refractivity contribution in [3.05, 3.63) is 59.9 Å². The quantitative estimate of drug-likeness (QED) is 0.737. The Morgan fingerprint density at radius 3 is 2.77 bits per heavy atom. The normalized spacial score (nSPS) is 10.4. The van der Waals surface area contributed by atoms with Crippen LogP contribution in [0.2, 0.25) is 0 Å². The van der Waals surface area contributed by atoms with Gasteiger partial charge in [0.25, 0.3) is 5.91 Å². The number of carbonyl (C=O) groups excluding carboxylic acids is 1. The van der Waals surface area contributed by atoms with E-state index in [-0.39, 0.29) is 11.6 Å². The molecule has 3 aromatic rings. The second-order valence-corrected chi connectivity index (χ2v) is 5.52. The summed E-state index contributed by atoms with van der Waals surface area (Å²) < 4.78 is 12.4. The van der Waals surface area contributed by atoms with Crippen molar-refractivity contribution < 1.29 is 14.3 Å². The van der Waals surface area contributed by atoms with Crippen LogP contribution in [0.5, 0.6) is 11.5 Å². The van der Waals surface area contributed by atoms with Crippen molar-refractivity contribution in [2.45, 2.75) is 13.8 Å².